The van der Waals surface area contributed by atoms with Crippen LogP contribution < -0.4 is 4.90 Å². The third-order valence-corrected chi connectivity index (χ3v) is 7.35. The molecule has 3 heteroatoms. The molecule has 1 N–H and O–H groups in total. The molecule has 0 spiro atoms. The number of rotatable bonds is 9. The zero-order chi connectivity index (χ0) is 20.1. The van der Waals surface area contributed by atoms with E-state index in [0.717, 1.165) is 13.0 Å². The fraction of sp³-hybridized carbons (Fsp3) is 0.462. The number of quaternary nitrogens is 1. The zero-order valence-electron chi connectivity index (χ0n) is 18.0. The average Bonchev–Trinajstić information content (AvgIpc) is 2.93. The van der Waals surface area contributed by atoms with Crippen LogP contribution in [0.2, 0.25) is 0 Å². The van der Waals surface area contributed by atoms with Crippen LogP contribution in [-0.2, 0) is 13.0 Å². The minimum Gasteiger partial charge on any atom is -0.340 e. The second-order valence-electron chi connectivity index (χ2n) is 8.46. The van der Waals surface area contributed by atoms with Gasteiger partial charge in [0.15, 0.2) is 0 Å². The number of para-hydroxylation sites is 1. The van der Waals surface area contributed by atoms with Crippen molar-refractivity contribution in [3.05, 3.63) is 54.1 Å². The van der Waals surface area contributed by atoms with Crippen molar-refractivity contribution in [2.24, 2.45) is 0 Å². The molecule has 0 saturated heterocycles. The van der Waals surface area contributed by atoms with Gasteiger partial charge in [-0.05, 0) is 49.8 Å². The second-order valence-corrected chi connectivity index (χ2v) is 9.60. The van der Waals surface area contributed by atoms with E-state index < -0.39 is 0 Å². The topological polar surface area (TPSA) is 9.37 Å². The van der Waals surface area contributed by atoms with Crippen molar-refractivity contribution in [1.82, 2.24) is 4.57 Å². The normalized spacial score (nSPS) is 14.4. The van der Waals surface area contributed by atoms with Gasteiger partial charge in [0.2, 0.25) is 0 Å². The quantitative estimate of drug-likeness (QED) is 0.465. The summed E-state index contributed by atoms with van der Waals surface area (Å²) in [7, 11) is 2.35. The molecule has 1 aliphatic heterocycles. The van der Waals surface area contributed by atoms with Crippen molar-refractivity contribution >= 4 is 22.7 Å². The smallest absolute Gasteiger partial charge is 0.0768 e. The number of nitrogens with zero attached hydrogens (tertiary/aromatic N) is 1. The van der Waals surface area contributed by atoms with Crippen molar-refractivity contribution in [2.45, 2.75) is 56.9 Å². The summed E-state index contributed by atoms with van der Waals surface area (Å²) in [4.78, 5) is 3.13. The molecule has 154 valence electrons. The summed E-state index contributed by atoms with van der Waals surface area (Å²) < 4.78 is 2.63. The van der Waals surface area contributed by atoms with Crippen molar-refractivity contribution in [3.8, 4) is 11.3 Å². The molecule has 0 amide bonds. The van der Waals surface area contributed by atoms with E-state index in [9.17, 15) is 0 Å². The van der Waals surface area contributed by atoms with Gasteiger partial charge in [0.25, 0.3) is 0 Å². The van der Waals surface area contributed by atoms with Crippen LogP contribution in [0.3, 0.4) is 0 Å². The molecule has 2 nitrogen and oxygen atoms in total. The Bertz CT molecular complexity index is 943. The molecule has 1 aromatic heterocycles. The van der Waals surface area contributed by atoms with Crippen LogP contribution in [0.1, 0.15) is 44.6 Å². The number of thioether (sulfide) groups is 1. The Morgan fingerprint density at radius 2 is 1.72 bits per heavy atom. The van der Waals surface area contributed by atoms with Gasteiger partial charge in [0.05, 0.1) is 25.8 Å². The molecule has 0 radical (unpaired) electrons. The van der Waals surface area contributed by atoms with Gasteiger partial charge >= 0.3 is 0 Å². The lowest BCUT2D eigenvalue weighted by molar-refractivity contribution is -0.880. The van der Waals surface area contributed by atoms with Gasteiger partial charge in [-0.2, -0.15) is 0 Å². The molecule has 2 heterocycles. The maximum Gasteiger partial charge on any atom is 0.0768 e. The molecule has 29 heavy (non-hydrogen) atoms. The third kappa shape index (κ3) is 4.57. The van der Waals surface area contributed by atoms with Crippen LogP contribution in [0.4, 0.5) is 0 Å². The maximum atomic E-state index is 2.63. The third-order valence-electron chi connectivity index (χ3n) is 6.27. The Labute approximate surface area is 180 Å². The highest BCUT2D eigenvalue weighted by atomic mass is 32.2. The largest absolute Gasteiger partial charge is 0.340 e. The first kappa shape index (κ1) is 20.6. The standard InChI is InChI=1S/C26H34N2S/c1-3-4-17-27(2)18-10-5-11-19-28-24-14-8-6-12-21(24)22-16-20-29-25-15-9-7-13-23(25)26(22)28/h6-9,12-15H,3-5,10-11,16-20H2,1-2H3/p+1. The average molecular weight is 408 g/mol. The van der Waals surface area contributed by atoms with E-state index in [2.05, 4.69) is 67.1 Å². The number of benzene rings is 2. The summed E-state index contributed by atoms with van der Waals surface area (Å²) in [5, 5.41) is 1.46. The van der Waals surface area contributed by atoms with Gasteiger partial charge in [-0.25, -0.2) is 0 Å². The minimum atomic E-state index is 1.13. The monoisotopic (exact) mass is 407 g/mol. The number of hydrogen-bond acceptors (Lipinski definition) is 1. The van der Waals surface area contributed by atoms with Crippen LogP contribution in [0, 0.1) is 0 Å². The van der Waals surface area contributed by atoms with E-state index in [1.54, 1.807) is 10.5 Å². The van der Waals surface area contributed by atoms with Crippen LogP contribution in [0.25, 0.3) is 22.2 Å². The molecule has 0 bridgehead atoms. The number of aryl methyl sites for hydroxylation is 2. The number of fused-ring (bicyclic) bond motifs is 5. The van der Waals surface area contributed by atoms with Gasteiger partial charge in [-0.1, -0.05) is 49.7 Å². The van der Waals surface area contributed by atoms with Gasteiger partial charge < -0.3 is 9.47 Å². The van der Waals surface area contributed by atoms with E-state index in [1.165, 1.54) is 78.0 Å². The zero-order valence-corrected chi connectivity index (χ0v) is 18.9. The molecule has 0 aliphatic carbocycles. The number of nitrogens with one attached hydrogen (secondary N) is 1. The summed E-state index contributed by atoms with van der Waals surface area (Å²) in [6.45, 7) is 6.04. The molecular weight excluding hydrogens is 372 g/mol. The number of unbranched alkanes of at least 4 members (excludes halogenated alkanes) is 3. The minimum absolute atomic E-state index is 1.13. The summed E-state index contributed by atoms with van der Waals surface area (Å²) in [5.41, 5.74) is 5.90. The first-order valence-electron chi connectivity index (χ1n) is 11.4. The molecule has 3 aromatic rings. The van der Waals surface area contributed by atoms with E-state index in [-0.39, 0.29) is 0 Å². The van der Waals surface area contributed by atoms with Crippen LogP contribution in [0.5, 0.6) is 0 Å². The molecule has 1 unspecified atom stereocenters. The fourth-order valence-electron chi connectivity index (χ4n) is 4.70. The Balaban J connectivity index is 1.54. The van der Waals surface area contributed by atoms with Gasteiger partial charge in [-0.3, -0.25) is 0 Å². The SMILES string of the molecule is CCCC[NH+](C)CCCCCn1c2c(c3ccccc31)CCSc1ccccc1-2. The molecular formula is C26H35N2S+. The first-order chi connectivity index (χ1) is 14.3. The van der Waals surface area contributed by atoms with Crippen LogP contribution in [-0.4, -0.2) is 30.5 Å². The van der Waals surface area contributed by atoms with Gasteiger partial charge in [0, 0.05) is 33.7 Å². The Morgan fingerprint density at radius 3 is 2.62 bits per heavy atom. The van der Waals surface area contributed by atoms with E-state index in [1.807, 2.05) is 11.8 Å². The predicted octanol–water partition coefficient (Wildman–Crippen LogP) is 5.44. The van der Waals surface area contributed by atoms with E-state index >= 15 is 0 Å². The second kappa shape index (κ2) is 9.86. The number of hydrogen-bond donors (Lipinski definition) is 1. The van der Waals surface area contributed by atoms with Crippen LogP contribution in [0.15, 0.2) is 53.4 Å². The summed E-state index contributed by atoms with van der Waals surface area (Å²) >= 11 is 2.01. The number of aromatic nitrogens is 1. The molecule has 0 fully saturated rings. The Hall–Kier alpha value is -1.71. The lowest BCUT2D eigenvalue weighted by Gasteiger charge is -2.15. The van der Waals surface area contributed by atoms with Crippen molar-refractivity contribution in [1.29, 1.82) is 0 Å². The first-order valence-corrected chi connectivity index (χ1v) is 12.4. The summed E-state index contributed by atoms with van der Waals surface area (Å²) in [6, 6.07) is 18.1. The molecule has 1 aliphatic rings. The van der Waals surface area contributed by atoms with Gasteiger partial charge in [-0.15, -0.1) is 11.8 Å². The van der Waals surface area contributed by atoms with E-state index in [0.29, 0.717) is 0 Å². The van der Waals surface area contributed by atoms with Crippen molar-refractivity contribution in [3.63, 3.8) is 0 Å². The fourth-order valence-corrected chi connectivity index (χ4v) is 5.72. The Morgan fingerprint density at radius 1 is 0.931 bits per heavy atom. The maximum absolute atomic E-state index is 2.63. The van der Waals surface area contributed by atoms with E-state index in [4.69, 9.17) is 0 Å². The van der Waals surface area contributed by atoms with Crippen LogP contribution >= 0.6 is 11.8 Å². The Kier molecular flexibility index (Phi) is 6.99. The summed E-state index contributed by atoms with van der Waals surface area (Å²) in [6.07, 6.45) is 7.74. The highest BCUT2D eigenvalue weighted by Crippen LogP contribution is 2.42. The molecule has 2 aromatic carbocycles. The lowest BCUT2D eigenvalue weighted by Crippen LogP contribution is -3.09. The van der Waals surface area contributed by atoms with Gasteiger partial charge in [0.1, 0.15) is 0 Å². The predicted molar refractivity (Wildman–Crippen MR) is 127 cm³/mol. The van der Waals surface area contributed by atoms with Crippen molar-refractivity contribution < 1.29 is 4.90 Å². The lowest BCUT2D eigenvalue weighted by atomic mass is 10.0. The molecule has 0 saturated carbocycles. The highest BCUT2D eigenvalue weighted by molar-refractivity contribution is 7.99. The summed E-state index contributed by atoms with van der Waals surface area (Å²) in [5.74, 6) is 1.17. The van der Waals surface area contributed by atoms with Crippen molar-refractivity contribution in [2.75, 3.05) is 25.9 Å². The molecule has 4 rings (SSSR count). The molecule has 1 atom stereocenters. The highest BCUT2D eigenvalue weighted by Gasteiger charge is 2.22.